The van der Waals surface area contributed by atoms with Crippen molar-refractivity contribution in [3.05, 3.63) is 29.6 Å². The second-order valence-corrected chi connectivity index (χ2v) is 6.09. The Bertz CT molecular complexity index is 546. The molecule has 1 aliphatic rings. The highest BCUT2D eigenvalue weighted by atomic mass is 19.1. The topological polar surface area (TPSA) is 67.8 Å². The summed E-state index contributed by atoms with van der Waals surface area (Å²) in [6.07, 6.45) is -1.17. The van der Waals surface area contributed by atoms with E-state index < -0.39 is 30.2 Å². The standard InChI is InChI=1S/C14H19BFNO4/c1-13(2)14(3,4)21-15(20-13)11-6-5-10(16)7-9(11)8-17-12(18)19/h5-7,17H,8H2,1-4H3,(H,18,19). The molecule has 5 nitrogen and oxygen atoms in total. The highest BCUT2D eigenvalue weighted by molar-refractivity contribution is 6.62. The highest BCUT2D eigenvalue weighted by Gasteiger charge is 2.52. The maximum Gasteiger partial charge on any atom is 0.495 e. The highest BCUT2D eigenvalue weighted by Crippen LogP contribution is 2.36. The minimum absolute atomic E-state index is 0.00744. The molecule has 7 heteroatoms. The lowest BCUT2D eigenvalue weighted by Crippen LogP contribution is -2.41. The summed E-state index contributed by atoms with van der Waals surface area (Å²) in [5.41, 5.74) is 0.104. The van der Waals surface area contributed by atoms with Crippen LogP contribution < -0.4 is 10.8 Å². The molecule has 0 bridgehead atoms. The largest absolute Gasteiger partial charge is 0.495 e. The maximum absolute atomic E-state index is 13.4. The normalized spacial score (nSPS) is 19.6. The van der Waals surface area contributed by atoms with E-state index in [2.05, 4.69) is 5.32 Å². The van der Waals surface area contributed by atoms with Crippen LogP contribution in [-0.2, 0) is 15.9 Å². The molecule has 0 atom stereocenters. The number of hydrogen-bond acceptors (Lipinski definition) is 3. The zero-order valence-electron chi connectivity index (χ0n) is 12.6. The van der Waals surface area contributed by atoms with E-state index in [4.69, 9.17) is 14.4 Å². The fourth-order valence-corrected chi connectivity index (χ4v) is 2.10. The second kappa shape index (κ2) is 5.31. The number of carbonyl (C=O) groups is 1. The summed E-state index contributed by atoms with van der Waals surface area (Å²) >= 11 is 0. The Balaban J connectivity index is 2.30. The third-order valence-electron chi connectivity index (χ3n) is 4.04. The first-order chi connectivity index (χ1) is 9.62. The van der Waals surface area contributed by atoms with E-state index in [-0.39, 0.29) is 6.54 Å². The van der Waals surface area contributed by atoms with Crippen molar-refractivity contribution in [2.24, 2.45) is 0 Å². The third kappa shape index (κ3) is 3.19. The van der Waals surface area contributed by atoms with Crippen molar-refractivity contribution in [2.45, 2.75) is 45.4 Å². The Morgan fingerprint density at radius 3 is 2.38 bits per heavy atom. The van der Waals surface area contributed by atoms with Gasteiger partial charge in [-0.1, -0.05) is 6.07 Å². The minimum atomic E-state index is -1.17. The van der Waals surface area contributed by atoms with Crippen molar-refractivity contribution in [3.63, 3.8) is 0 Å². The summed E-state index contributed by atoms with van der Waals surface area (Å²) in [5, 5.41) is 10.9. The molecule has 1 aromatic carbocycles. The molecular formula is C14H19BFNO4. The number of amides is 1. The first-order valence-electron chi connectivity index (χ1n) is 6.73. The number of halogens is 1. The first kappa shape index (κ1) is 15.8. The molecule has 1 fully saturated rings. The van der Waals surface area contributed by atoms with Crippen LogP contribution in [0, 0.1) is 5.82 Å². The van der Waals surface area contributed by atoms with Gasteiger partial charge in [-0.2, -0.15) is 0 Å². The summed E-state index contributed by atoms with van der Waals surface area (Å²) in [7, 11) is -0.652. The van der Waals surface area contributed by atoms with Crippen LogP contribution in [0.5, 0.6) is 0 Å². The van der Waals surface area contributed by atoms with Gasteiger partial charge in [-0.15, -0.1) is 0 Å². The fraction of sp³-hybridized carbons (Fsp3) is 0.500. The van der Waals surface area contributed by atoms with Crippen molar-refractivity contribution in [1.29, 1.82) is 0 Å². The van der Waals surface area contributed by atoms with Gasteiger partial charge in [0, 0.05) is 6.54 Å². The molecule has 1 aliphatic heterocycles. The molecule has 1 heterocycles. The SMILES string of the molecule is CC1(C)OB(c2ccc(F)cc2CNC(=O)O)OC1(C)C. The van der Waals surface area contributed by atoms with Crippen molar-refractivity contribution in [2.75, 3.05) is 0 Å². The van der Waals surface area contributed by atoms with Gasteiger partial charge in [-0.3, -0.25) is 0 Å². The van der Waals surface area contributed by atoms with Gasteiger partial charge in [0.25, 0.3) is 0 Å². The predicted octanol–water partition coefficient (Wildman–Crippen LogP) is 1.89. The smallest absolute Gasteiger partial charge is 0.465 e. The van der Waals surface area contributed by atoms with Gasteiger partial charge in [-0.25, -0.2) is 9.18 Å². The number of benzene rings is 1. The molecule has 2 N–H and O–H groups in total. The predicted molar refractivity (Wildman–Crippen MR) is 77.0 cm³/mol. The summed E-state index contributed by atoms with van der Waals surface area (Å²) in [6.45, 7) is 7.68. The lowest BCUT2D eigenvalue weighted by Gasteiger charge is -2.32. The molecule has 0 saturated carbocycles. The summed E-state index contributed by atoms with van der Waals surface area (Å²) in [4.78, 5) is 10.6. The number of carboxylic acid groups (broad SMARTS) is 1. The molecule has 21 heavy (non-hydrogen) atoms. The average Bonchev–Trinajstić information content (AvgIpc) is 2.55. The van der Waals surface area contributed by atoms with E-state index in [1.54, 1.807) is 6.07 Å². The molecule has 114 valence electrons. The van der Waals surface area contributed by atoms with Crippen molar-refractivity contribution < 1.29 is 23.6 Å². The first-order valence-corrected chi connectivity index (χ1v) is 6.73. The summed E-state index contributed by atoms with van der Waals surface area (Å²) in [5.74, 6) is -0.433. The van der Waals surface area contributed by atoms with Gasteiger partial charge in [0.05, 0.1) is 11.2 Å². The van der Waals surface area contributed by atoms with Crippen molar-refractivity contribution in [3.8, 4) is 0 Å². The van der Waals surface area contributed by atoms with Crippen LogP contribution in [0.25, 0.3) is 0 Å². The van der Waals surface area contributed by atoms with Crippen LogP contribution in [-0.4, -0.2) is 29.5 Å². The second-order valence-electron chi connectivity index (χ2n) is 6.09. The summed E-state index contributed by atoms with van der Waals surface area (Å²) < 4.78 is 25.2. The summed E-state index contributed by atoms with van der Waals surface area (Å²) in [6, 6.07) is 4.16. The Kier molecular flexibility index (Phi) is 3.99. The van der Waals surface area contributed by atoms with Gasteiger partial charge in [0.15, 0.2) is 0 Å². The monoisotopic (exact) mass is 295 g/mol. The van der Waals surface area contributed by atoms with Gasteiger partial charge >= 0.3 is 13.2 Å². The number of nitrogens with one attached hydrogen (secondary N) is 1. The molecule has 2 rings (SSSR count). The van der Waals surface area contributed by atoms with Gasteiger partial charge in [0.1, 0.15) is 5.82 Å². The van der Waals surface area contributed by atoms with Crippen LogP contribution >= 0.6 is 0 Å². The zero-order valence-corrected chi connectivity index (χ0v) is 12.6. The van der Waals surface area contributed by atoms with Gasteiger partial charge in [-0.05, 0) is 50.9 Å². The Labute approximate surface area is 123 Å². The molecule has 0 radical (unpaired) electrons. The van der Waals surface area contributed by atoms with E-state index in [1.807, 2.05) is 27.7 Å². The molecule has 0 spiro atoms. The lowest BCUT2D eigenvalue weighted by atomic mass is 9.76. The molecule has 0 aromatic heterocycles. The van der Waals surface area contributed by atoms with E-state index in [9.17, 15) is 9.18 Å². The van der Waals surface area contributed by atoms with E-state index in [0.717, 1.165) is 0 Å². The molecule has 0 aliphatic carbocycles. The zero-order chi connectivity index (χ0) is 15.8. The molecule has 1 aromatic rings. The number of hydrogen-bond donors (Lipinski definition) is 2. The molecular weight excluding hydrogens is 276 g/mol. The Hall–Kier alpha value is -1.60. The van der Waals surface area contributed by atoms with Gasteiger partial charge in [0.2, 0.25) is 0 Å². The maximum atomic E-state index is 13.4. The van der Waals surface area contributed by atoms with Gasteiger partial charge < -0.3 is 19.7 Å². The Morgan fingerprint density at radius 1 is 1.29 bits per heavy atom. The van der Waals surface area contributed by atoms with Crippen LogP contribution in [0.15, 0.2) is 18.2 Å². The van der Waals surface area contributed by atoms with Crippen molar-refractivity contribution in [1.82, 2.24) is 5.32 Å². The lowest BCUT2D eigenvalue weighted by molar-refractivity contribution is 0.00578. The minimum Gasteiger partial charge on any atom is -0.465 e. The van der Waals surface area contributed by atoms with Crippen LogP contribution in [0.3, 0.4) is 0 Å². The van der Waals surface area contributed by atoms with Crippen LogP contribution in [0.4, 0.5) is 9.18 Å². The van der Waals surface area contributed by atoms with E-state index in [1.165, 1.54) is 12.1 Å². The molecule has 1 saturated heterocycles. The average molecular weight is 295 g/mol. The fourth-order valence-electron chi connectivity index (χ4n) is 2.10. The third-order valence-corrected chi connectivity index (χ3v) is 4.04. The van der Waals surface area contributed by atoms with E-state index >= 15 is 0 Å². The van der Waals surface area contributed by atoms with Crippen LogP contribution in [0.2, 0.25) is 0 Å². The quantitative estimate of drug-likeness (QED) is 0.836. The van der Waals surface area contributed by atoms with Crippen LogP contribution in [0.1, 0.15) is 33.3 Å². The van der Waals surface area contributed by atoms with E-state index in [0.29, 0.717) is 11.0 Å². The van der Waals surface area contributed by atoms with Crippen molar-refractivity contribution >= 4 is 18.7 Å². The molecule has 0 unspecified atom stereocenters. The number of rotatable bonds is 3. The Morgan fingerprint density at radius 2 is 1.86 bits per heavy atom. The molecule has 1 amide bonds.